The van der Waals surface area contributed by atoms with E-state index in [4.69, 9.17) is 4.74 Å². The summed E-state index contributed by atoms with van der Waals surface area (Å²) in [6.45, 7) is 0. The highest BCUT2D eigenvalue weighted by atomic mass is 16.5. The maximum Gasteiger partial charge on any atom is 0.0985 e. The van der Waals surface area contributed by atoms with Crippen LogP contribution in [0.5, 0.6) is 0 Å². The number of rotatable bonds is 2. The molecule has 1 heteroatoms. The standard InChI is InChI=1S/C7H10O/c1-2-6(3-1)8-7-4-5-7/h2,7H,1,3-5H2. The van der Waals surface area contributed by atoms with Gasteiger partial charge in [-0.3, -0.25) is 0 Å². The van der Waals surface area contributed by atoms with Crippen LogP contribution in [0.3, 0.4) is 0 Å². The molecule has 0 aromatic heterocycles. The lowest BCUT2D eigenvalue weighted by Gasteiger charge is -2.14. The molecule has 0 amide bonds. The van der Waals surface area contributed by atoms with Gasteiger partial charge in [0.25, 0.3) is 0 Å². The Labute approximate surface area is 49.3 Å². The number of ether oxygens (including phenoxy) is 1. The van der Waals surface area contributed by atoms with Gasteiger partial charge >= 0.3 is 0 Å². The Morgan fingerprint density at radius 1 is 1.50 bits per heavy atom. The van der Waals surface area contributed by atoms with Gasteiger partial charge in [-0.15, -0.1) is 0 Å². The zero-order valence-electron chi connectivity index (χ0n) is 4.89. The van der Waals surface area contributed by atoms with Gasteiger partial charge in [0, 0.05) is 6.42 Å². The molecule has 1 saturated carbocycles. The maximum atomic E-state index is 5.46. The van der Waals surface area contributed by atoms with Gasteiger partial charge in [-0.2, -0.15) is 0 Å². The van der Waals surface area contributed by atoms with Crippen molar-refractivity contribution < 1.29 is 4.74 Å². The van der Waals surface area contributed by atoms with Crippen LogP contribution in [0.4, 0.5) is 0 Å². The summed E-state index contributed by atoms with van der Waals surface area (Å²) in [5, 5.41) is 0. The number of hydrogen-bond donors (Lipinski definition) is 0. The van der Waals surface area contributed by atoms with Crippen LogP contribution in [-0.2, 0) is 4.74 Å². The fourth-order valence-electron chi connectivity index (χ4n) is 0.769. The van der Waals surface area contributed by atoms with Gasteiger partial charge in [-0.1, -0.05) is 0 Å². The molecule has 8 heavy (non-hydrogen) atoms. The molecule has 44 valence electrons. The highest BCUT2D eigenvalue weighted by molar-refractivity contribution is 5.05. The van der Waals surface area contributed by atoms with Crippen LogP contribution in [0.1, 0.15) is 25.7 Å². The van der Waals surface area contributed by atoms with Gasteiger partial charge in [-0.25, -0.2) is 0 Å². The van der Waals surface area contributed by atoms with E-state index in [2.05, 4.69) is 6.08 Å². The van der Waals surface area contributed by atoms with E-state index in [0.29, 0.717) is 6.10 Å². The topological polar surface area (TPSA) is 9.23 Å². The zero-order chi connectivity index (χ0) is 5.40. The molecule has 2 aliphatic carbocycles. The molecule has 0 bridgehead atoms. The monoisotopic (exact) mass is 110 g/mol. The molecule has 2 rings (SSSR count). The van der Waals surface area contributed by atoms with Gasteiger partial charge < -0.3 is 4.74 Å². The quantitative estimate of drug-likeness (QED) is 0.527. The second kappa shape index (κ2) is 1.51. The number of allylic oxidation sites excluding steroid dienone is 2. The van der Waals surface area contributed by atoms with Crippen LogP contribution in [0.15, 0.2) is 11.8 Å². The Hall–Kier alpha value is -0.460. The third-order valence-corrected chi connectivity index (χ3v) is 1.61. The van der Waals surface area contributed by atoms with Crippen molar-refractivity contribution in [1.82, 2.24) is 0 Å². The Kier molecular flexibility index (Phi) is 0.833. The minimum absolute atomic E-state index is 0.613. The average Bonchev–Trinajstić information content (AvgIpc) is 2.36. The van der Waals surface area contributed by atoms with E-state index in [9.17, 15) is 0 Å². The summed E-state index contributed by atoms with van der Waals surface area (Å²) in [6, 6.07) is 0. The first-order valence-corrected chi connectivity index (χ1v) is 3.31. The van der Waals surface area contributed by atoms with Crippen LogP contribution in [-0.4, -0.2) is 6.10 Å². The molecular formula is C7H10O. The Bertz CT molecular complexity index is 122. The zero-order valence-corrected chi connectivity index (χ0v) is 4.89. The van der Waals surface area contributed by atoms with Crippen molar-refractivity contribution in [2.75, 3.05) is 0 Å². The summed E-state index contributed by atoms with van der Waals surface area (Å²) in [4.78, 5) is 0. The molecule has 0 saturated heterocycles. The lowest BCUT2D eigenvalue weighted by atomic mass is 10.1. The SMILES string of the molecule is C1=C(OC2CC2)CC1. The summed E-state index contributed by atoms with van der Waals surface area (Å²) < 4.78 is 5.46. The van der Waals surface area contributed by atoms with Crippen molar-refractivity contribution in [3.63, 3.8) is 0 Å². The summed E-state index contributed by atoms with van der Waals surface area (Å²) >= 11 is 0. The Morgan fingerprint density at radius 2 is 2.25 bits per heavy atom. The summed E-state index contributed by atoms with van der Waals surface area (Å²) in [5.74, 6) is 1.24. The van der Waals surface area contributed by atoms with E-state index >= 15 is 0 Å². The van der Waals surface area contributed by atoms with Crippen LogP contribution < -0.4 is 0 Å². The molecule has 0 aromatic rings. The summed E-state index contributed by atoms with van der Waals surface area (Å²) in [5.41, 5.74) is 0. The minimum Gasteiger partial charge on any atom is -0.495 e. The van der Waals surface area contributed by atoms with Crippen molar-refractivity contribution in [2.45, 2.75) is 31.8 Å². The van der Waals surface area contributed by atoms with Crippen molar-refractivity contribution in [2.24, 2.45) is 0 Å². The molecular weight excluding hydrogens is 100 g/mol. The van der Waals surface area contributed by atoms with E-state index in [1.54, 1.807) is 0 Å². The van der Waals surface area contributed by atoms with Gasteiger partial charge in [-0.05, 0) is 25.3 Å². The van der Waals surface area contributed by atoms with E-state index in [1.807, 2.05) is 0 Å². The molecule has 1 fully saturated rings. The Balaban J connectivity index is 1.81. The van der Waals surface area contributed by atoms with Gasteiger partial charge in [0.1, 0.15) is 0 Å². The van der Waals surface area contributed by atoms with Crippen molar-refractivity contribution in [3.8, 4) is 0 Å². The van der Waals surface area contributed by atoms with E-state index in [1.165, 1.54) is 31.4 Å². The molecule has 1 nitrogen and oxygen atoms in total. The molecule has 2 aliphatic rings. The smallest absolute Gasteiger partial charge is 0.0985 e. The predicted octanol–water partition coefficient (Wildman–Crippen LogP) is 1.84. The Morgan fingerprint density at radius 3 is 2.62 bits per heavy atom. The predicted molar refractivity (Wildman–Crippen MR) is 31.4 cm³/mol. The largest absolute Gasteiger partial charge is 0.495 e. The lowest BCUT2D eigenvalue weighted by molar-refractivity contribution is 0.175. The summed E-state index contributed by atoms with van der Waals surface area (Å²) in [6.07, 6.45) is 7.80. The van der Waals surface area contributed by atoms with Crippen LogP contribution in [0.2, 0.25) is 0 Å². The van der Waals surface area contributed by atoms with Crippen molar-refractivity contribution in [3.05, 3.63) is 11.8 Å². The molecule has 0 radical (unpaired) electrons. The van der Waals surface area contributed by atoms with Gasteiger partial charge in [0.2, 0.25) is 0 Å². The van der Waals surface area contributed by atoms with Gasteiger partial charge in [0.15, 0.2) is 0 Å². The molecule has 0 heterocycles. The van der Waals surface area contributed by atoms with Crippen molar-refractivity contribution in [1.29, 1.82) is 0 Å². The summed E-state index contributed by atoms with van der Waals surface area (Å²) in [7, 11) is 0. The lowest BCUT2D eigenvalue weighted by Crippen LogP contribution is -2.00. The highest BCUT2D eigenvalue weighted by Gasteiger charge is 2.25. The van der Waals surface area contributed by atoms with E-state index < -0.39 is 0 Å². The average molecular weight is 110 g/mol. The third-order valence-electron chi connectivity index (χ3n) is 1.61. The highest BCUT2D eigenvalue weighted by Crippen LogP contribution is 2.30. The normalized spacial score (nSPS) is 26.2. The van der Waals surface area contributed by atoms with Gasteiger partial charge in [0.05, 0.1) is 11.9 Å². The van der Waals surface area contributed by atoms with Crippen LogP contribution in [0, 0.1) is 0 Å². The molecule has 0 aliphatic heterocycles. The molecule has 0 aromatic carbocycles. The fourth-order valence-corrected chi connectivity index (χ4v) is 0.769. The van der Waals surface area contributed by atoms with E-state index in [-0.39, 0.29) is 0 Å². The fraction of sp³-hybridized carbons (Fsp3) is 0.714. The van der Waals surface area contributed by atoms with Crippen LogP contribution in [0.25, 0.3) is 0 Å². The first kappa shape index (κ1) is 4.42. The first-order valence-electron chi connectivity index (χ1n) is 3.31. The third kappa shape index (κ3) is 0.726. The molecule has 0 unspecified atom stereocenters. The second-order valence-corrected chi connectivity index (χ2v) is 2.53. The molecule has 0 spiro atoms. The van der Waals surface area contributed by atoms with Crippen molar-refractivity contribution >= 4 is 0 Å². The van der Waals surface area contributed by atoms with Crippen LogP contribution >= 0.6 is 0 Å². The minimum atomic E-state index is 0.613. The maximum absolute atomic E-state index is 5.46. The number of hydrogen-bond acceptors (Lipinski definition) is 1. The second-order valence-electron chi connectivity index (χ2n) is 2.53. The molecule has 0 atom stereocenters. The first-order chi connectivity index (χ1) is 3.95. The van der Waals surface area contributed by atoms with E-state index in [0.717, 1.165) is 0 Å². The molecule has 0 N–H and O–H groups in total.